The van der Waals surface area contributed by atoms with Crippen LogP contribution in [-0.2, 0) is 10.8 Å². The first-order chi connectivity index (χ1) is 30.2. The molecule has 312 valence electrons. The van der Waals surface area contributed by atoms with E-state index in [1.165, 1.54) is 93.3 Å². The molecule has 9 aromatic rings. The molecule has 11 rings (SSSR count). The predicted molar refractivity (Wildman–Crippen MR) is 274 cm³/mol. The molecule has 0 saturated heterocycles. The highest BCUT2D eigenvalue weighted by Crippen LogP contribution is 2.50. The van der Waals surface area contributed by atoms with Gasteiger partial charge in [0.25, 0.3) is 6.71 Å². The zero-order valence-electron chi connectivity index (χ0n) is 38.2. The fourth-order valence-corrected chi connectivity index (χ4v) is 11.4. The summed E-state index contributed by atoms with van der Waals surface area (Å²) in [6.45, 7) is 23.2. The Bertz CT molecular complexity index is 3280. The smallest absolute Gasteiger partial charge is 0.264 e. The molecule has 0 N–H and O–H groups in total. The Kier molecular flexibility index (Phi) is 8.99. The van der Waals surface area contributed by atoms with E-state index in [0.717, 1.165) is 21.9 Å². The van der Waals surface area contributed by atoms with Gasteiger partial charge in [0.1, 0.15) is 11.2 Å². The molecule has 2 aliphatic heterocycles. The third-order valence-electron chi connectivity index (χ3n) is 13.7. The van der Waals surface area contributed by atoms with Crippen LogP contribution in [0.1, 0.15) is 103 Å². The molecule has 0 radical (unpaired) electrons. The van der Waals surface area contributed by atoms with Crippen LogP contribution >= 0.6 is 11.3 Å². The molecule has 2 aromatic heterocycles. The second kappa shape index (κ2) is 14.2. The predicted octanol–water partition coefficient (Wildman–Crippen LogP) is 15.4. The van der Waals surface area contributed by atoms with Crippen molar-refractivity contribution in [1.29, 1.82) is 0 Å². The monoisotopic (exact) mass is 838 g/mol. The van der Waals surface area contributed by atoms with Crippen LogP contribution in [0.4, 0.5) is 34.1 Å². The minimum Gasteiger partial charge on any atom is -0.456 e. The van der Waals surface area contributed by atoms with Gasteiger partial charge in [-0.2, -0.15) is 0 Å². The summed E-state index contributed by atoms with van der Waals surface area (Å²) in [5, 5.41) is 3.61. The minimum absolute atomic E-state index is 0.0199. The number of furan rings is 1. The number of benzene rings is 7. The molecule has 0 amide bonds. The molecule has 0 atom stereocenters. The normalized spacial score (nSPS) is 13.7. The molecule has 7 aromatic carbocycles. The Hall–Kier alpha value is -6.04. The molecule has 0 spiro atoms. The first-order valence-electron chi connectivity index (χ1n) is 22.8. The van der Waals surface area contributed by atoms with Gasteiger partial charge in [0.2, 0.25) is 0 Å². The van der Waals surface area contributed by atoms with Crippen LogP contribution in [0.5, 0.6) is 0 Å². The Balaban J connectivity index is 1.22. The lowest BCUT2D eigenvalue weighted by Gasteiger charge is -2.43. The fourth-order valence-electron chi connectivity index (χ4n) is 10.1. The number of anilines is 6. The average Bonchev–Trinajstić information content (AvgIpc) is 3.83. The number of rotatable bonds is 5. The summed E-state index contributed by atoms with van der Waals surface area (Å²) in [6, 6.07) is 53.3. The fraction of sp³-hybridized carbons (Fsp3) is 0.241. The molecule has 0 bridgehead atoms. The summed E-state index contributed by atoms with van der Waals surface area (Å²) in [5.74, 6) is 0.836. The van der Waals surface area contributed by atoms with Crippen molar-refractivity contribution in [2.24, 2.45) is 0 Å². The summed E-state index contributed by atoms with van der Waals surface area (Å²) < 4.78 is 9.10. The Morgan fingerprint density at radius 3 is 1.90 bits per heavy atom. The maximum absolute atomic E-state index is 6.36. The summed E-state index contributed by atoms with van der Waals surface area (Å²) >= 11 is 1.98. The second-order valence-electron chi connectivity index (χ2n) is 20.6. The molecular weight excluding hydrogens is 784 g/mol. The molecule has 2 aliphatic rings. The number of fused-ring (bicyclic) bond motifs is 9. The van der Waals surface area contributed by atoms with Crippen LogP contribution in [0.15, 0.2) is 144 Å². The van der Waals surface area contributed by atoms with Crippen molar-refractivity contribution in [3.05, 3.63) is 162 Å². The highest BCUT2D eigenvalue weighted by Gasteiger charge is 2.45. The van der Waals surface area contributed by atoms with Gasteiger partial charge in [0, 0.05) is 53.9 Å². The van der Waals surface area contributed by atoms with Crippen molar-refractivity contribution < 1.29 is 4.42 Å². The Morgan fingerprint density at radius 1 is 0.524 bits per heavy atom. The zero-order chi connectivity index (χ0) is 43.7. The van der Waals surface area contributed by atoms with Gasteiger partial charge in [-0.1, -0.05) is 136 Å². The lowest BCUT2D eigenvalue weighted by molar-refractivity contribution is 0.590. The van der Waals surface area contributed by atoms with Crippen LogP contribution < -0.4 is 25.5 Å². The van der Waals surface area contributed by atoms with Gasteiger partial charge in [0.15, 0.2) is 0 Å². The Morgan fingerprint density at radius 2 is 1.17 bits per heavy atom. The summed E-state index contributed by atoms with van der Waals surface area (Å²) in [7, 11) is 0. The van der Waals surface area contributed by atoms with E-state index in [1.807, 2.05) is 11.3 Å². The van der Waals surface area contributed by atoms with Gasteiger partial charge in [-0.3, -0.25) is 0 Å². The average molecular weight is 839 g/mol. The van der Waals surface area contributed by atoms with E-state index in [2.05, 4.69) is 219 Å². The van der Waals surface area contributed by atoms with E-state index in [-0.39, 0.29) is 17.5 Å². The standard InChI is InChI=1S/C58H55BN2OS/c1-34(2)36-18-24-41(25-19-36)60-49-15-13-16-50-54(49)59(56-55(60)45-33-40(58(8,9)10)23-29-53(45)63-56)46-31-37(35(3)4)20-26-48(46)61(50)47-27-22-39(57(5,6)7)32-43(47)38-21-28-52-44(30-38)42-14-11-12-17-51(42)62-52/h11-35H,1-10H3. The first kappa shape index (κ1) is 39.8. The second-order valence-corrected chi connectivity index (χ2v) is 21.7. The first-order valence-corrected chi connectivity index (χ1v) is 23.6. The highest BCUT2D eigenvalue weighted by atomic mass is 32.1. The van der Waals surface area contributed by atoms with Crippen molar-refractivity contribution in [2.75, 3.05) is 9.80 Å². The summed E-state index contributed by atoms with van der Waals surface area (Å²) in [6.07, 6.45) is 0. The minimum atomic E-state index is -0.0429. The largest absolute Gasteiger partial charge is 0.456 e. The van der Waals surface area contributed by atoms with Gasteiger partial charge >= 0.3 is 0 Å². The lowest BCUT2D eigenvalue weighted by Crippen LogP contribution is -2.60. The number of para-hydroxylation sites is 1. The van der Waals surface area contributed by atoms with Crippen LogP contribution in [-0.4, -0.2) is 6.71 Å². The van der Waals surface area contributed by atoms with Gasteiger partial charge in [-0.15, -0.1) is 11.3 Å². The van der Waals surface area contributed by atoms with E-state index in [9.17, 15) is 0 Å². The van der Waals surface area contributed by atoms with Gasteiger partial charge < -0.3 is 14.2 Å². The van der Waals surface area contributed by atoms with E-state index in [4.69, 9.17) is 4.42 Å². The summed E-state index contributed by atoms with van der Waals surface area (Å²) in [5.41, 5.74) is 19.7. The van der Waals surface area contributed by atoms with E-state index >= 15 is 0 Å². The molecule has 5 heteroatoms. The third kappa shape index (κ3) is 6.29. The quantitative estimate of drug-likeness (QED) is 0.161. The molecular formula is C58H55BN2OS. The van der Waals surface area contributed by atoms with Gasteiger partial charge in [-0.05, 0) is 134 Å². The topological polar surface area (TPSA) is 19.6 Å². The van der Waals surface area contributed by atoms with Crippen LogP contribution in [0.25, 0.3) is 43.2 Å². The molecule has 0 fully saturated rings. The van der Waals surface area contributed by atoms with Crippen molar-refractivity contribution in [3.8, 4) is 11.1 Å². The van der Waals surface area contributed by atoms with E-state index < -0.39 is 0 Å². The van der Waals surface area contributed by atoms with Gasteiger partial charge in [0.05, 0.1) is 11.4 Å². The van der Waals surface area contributed by atoms with Crippen LogP contribution in [0.3, 0.4) is 0 Å². The number of hydrogen-bond acceptors (Lipinski definition) is 4. The molecule has 0 saturated carbocycles. The number of thiophene rings is 1. The van der Waals surface area contributed by atoms with Crippen LogP contribution in [0.2, 0.25) is 0 Å². The number of nitrogens with zero attached hydrogens (tertiary/aromatic N) is 2. The van der Waals surface area contributed by atoms with Crippen LogP contribution in [0, 0.1) is 0 Å². The lowest BCUT2D eigenvalue weighted by atomic mass is 9.36. The summed E-state index contributed by atoms with van der Waals surface area (Å²) in [4.78, 5) is 5.18. The molecule has 63 heavy (non-hydrogen) atoms. The van der Waals surface area contributed by atoms with Crippen molar-refractivity contribution in [3.63, 3.8) is 0 Å². The maximum atomic E-state index is 6.36. The maximum Gasteiger partial charge on any atom is 0.264 e. The van der Waals surface area contributed by atoms with Crippen molar-refractivity contribution in [1.82, 2.24) is 0 Å². The third-order valence-corrected chi connectivity index (χ3v) is 15.0. The van der Waals surface area contributed by atoms with Crippen molar-refractivity contribution in [2.45, 2.75) is 91.9 Å². The SMILES string of the molecule is CC(C)c1ccc(N2c3cccc4c3B(c3cc(C(C)C)ccc3N4c3ccc(C(C)(C)C)cc3-c3ccc4oc5ccccc5c4c3)c3sc4ccc(C(C)(C)C)cc4c32)cc1. The molecule has 0 unspecified atom stereocenters. The van der Waals surface area contributed by atoms with E-state index in [1.54, 1.807) is 0 Å². The molecule has 4 heterocycles. The van der Waals surface area contributed by atoms with E-state index in [0.29, 0.717) is 11.8 Å². The zero-order valence-corrected chi connectivity index (χ0v) is 39.0. The van der Waals surface area contributed by atoms with Gasteiger partial charge in [-0.25, -0.2) is 0 Å². The highest BCUT2D eigenvalue weighted by molar-refractivity contribution is 7.33. The molecule has 3 nitrogen and oxygen atoms in total. The Labute approximate surface area is 377 Å². The molecule has 0 aliphatic carbocycles. The van der Waals surface area contributed by atoms with Crippen molar-refractivity contribution >= 4 is 99.9 Å². The number of hydrogen-bond donors (Lipinski definition) is 0.